The highest BCUT2D eigenvalue weighted by Crippen LogP contribution is 2.53. The maximum Gasteiger partial charge on any atom is 0.258 e. The van der Waals surface area contributed by atoms with E-state index in [1.165, 1.54) is 12.1 Å². The van der Waals surface area contributed by atoms with Crippen LogP contribution < -0.4 is 9.62 Å². The third kappa shape index (κ3) is 4.86. The Morgan fingerprint density at radius 2 is 1.73 bits per heavy atom. The van der Waals surface area contributed by atoms with Crippen molar-refractivity contribution in [2.75, 3.05) is 11.4 Å². The van der Waals surface area contributed by atoms with E-state index in [1.54, 1.807) is 37.8 Å². The smallest absolute Gasteiger partial charge is 0.258 e. The minimum atomic E-state index is -3.81. The van der Waals surface area contributed by atoms with Crippen molar-refractivity contribution >= 4 is 37.5 Å². The van der Waals surface area contributed by atoms with Gasteiger partial charge in [0.15, 0.2) is 0 Å². The molecule has 0 saturated heterocycles. The van der Waals surface area contributed by atoms with Crippen LogP contribution in [-0.4, -0.2) is 32.3 Å². The number of halogens is 3. The summed E-state index contributed by atoms with van der Waals surface area (Å²) in [6.45, 7) is 5.52. The monoisotopic (exact) mass is 540 g/mol. The van der Waals surface area contributed by atoms with E-state index in [9.17, 15) is 22.0 Å². The van der Waals surface area contributed by atoms with Crippen molar-refractivity contribution in [1.29, 1.82) is 0 Å². The number of carbonyl (C=O) groups is 1. The fourth-order valence-corrected chi connectivity index (χ4v) is 6.58. The minimum absolute atomic E-state index is 0.00511. The molecule has 1 aliphatic carbocycles. The van der Waals surface area contributed by atoms with Gasteiger partial charge in [0.25, 0.3) is 5.91 Å². The molecule has 5 nitrogen and oxygen atoms in total. The van der Waals surface area contributed by atoms with Crippen LogP contribution in [0.2, 0.25) is 0 Å². The van der Waals surface area contributed by atoms with Crippen LogP contribution in [0, 0.1) is 0 Å². The number of alkyl halides is 2. The van der Waals surface area contributed by atoms with Crippen LogP contribution in [0.15, 0.2) is 51.8 Å². The first kappa shape index (κ1) is 24.3. The van der Waals surface area contributed by atoms with Gasteiger partial charge in [0.05, 0.1) is 4.90 Å². The van der Waals surface area contributed by atoms with Gasteiger partial charge in [0, 0.05) is 46.1 Å². The van der Waals surface area contributed by atoms with Crippen LogP contribution in [0.25, 0.3) is 0 Å². The van der Waals surface area contributed by atoms with E-state index in [1.807, 2.05) is 18.2 Å². The Kier molecular flexibility index (Phi) is 5.98. The van der Waals surface area contributed by atoms with E-state index < -0.39 is 26.9 Å². The van der Waals surface area contributed by atoms with Gasteiger partial charge < -0.3 is 4.90 Å². The van der Waals surface area contributed by atoms with E-state index in [0.29, 0.717) is 12.2 Å². The molecule has 1 amide bonds. The molecule has 0 radical (unpaired) electrons. The molecule has 9 heteroatoms. The summed E-state index contributed by atoms with van der Waals surface area (Å²) in [6.07, 6.45) is 0.148. The summed E-state index contributed by atoms with van der Waals surface area (Å²) in [5.74, 6) is -3.03. The molecule has 1 fully saturated rings. The van der Waals surface area contributed by atoms with Gasteiger partial charge in [-0.15, -0.1) is 0 Å². The summed E-state index contributed by atoms with van der Waals surface area (Å²) in [4.78, 5) is 15.2. The SMILES string of the molecule is CC(C)(C)NS(=O)(=O)c1cccc(C(=O)N2CC3(CCC(F)(F)CC3)c3cc(Br)ccc32)c1. The molecule has 33 heavy (non-hydrogen) atoms. The molecule has 2 aromatic carbocycles. The lowest BCUT2D eigenvalue weighted by Crippen LogP contribution is -2.42. The highest BCUT2D eigenvalue weighted by atomic mass is 79.9. The van der Waals surface area contributed by atoms with Gasteiger partial charge in [-0.3, -0.25) is 4.79 Å². The van der Waals surface area contributed by atoms with Crippen LogP contribution in [0.1, 0.15) is 62.4 Å². The van der Waals surface area contributed by atoms with Crippen molar-refractivity contribution in [3.8, 4) is 0 Å². The average molecular weight is 541 g/mol. The predicted octanol–water partition coefficient (Wildman–Crippen LogP) is 5.63. The Balaban J connectivity index is 1.69. The zero-order valence-electron chi connectivity index (χ0n) is 18.8. The van der Waals surface area contributed by atoms with Crippen molar-refractivity contribution in [1.82, 2.24) is 4.72 Å². The molecule has 0 atom stereocenters. The fraction of sp³-hybridized carbons (Fsp3) is 0.458. The zero-order chi connectivity index (χ0) is 24.2. The number of fused-ring (bicyclic) bond motifs is 2. The number of rotatable bonds is 3. The van der Waals surface area contributed by atoms with E-state index in [4.69, 9.17) is 0 Å². The molecule has 1 spiro atoms. The lowest BCUT2D eigenvalue weighted by molar-refractivity contribution is -0.0499. The van der Waals surface area contributed by atoms with Crippen molar-refractivity contribution in [2.45, 2.75) is 68.2 Å². The third-order valence-electron chi connectivity index (χ3n) is 6.30. The molecule has 178 valence electrons. The second-order valence-corrected chi connectivity index (χ2v) is 12.7. The number of sulfonamides is 1. The van der Waals surface area contributed by atoms with Crippen LogP contribution in [0.5, 0.6) is 0 Å². The van der Waals surface area contributed by atoms with Gasteiger partial charge in [-0.2, -0.15) is 0 Å². The maximum atomic E-state index is 13.9. The lowest BCUT2D eigenvalue weighted by atomic mass is 9.69. The highest BCUT2D eigenvalue weighted by Gasteiger charge is 2.50. The number of anilines is 1. The molecule has 1 heterocycles. The first-order chi connectivity index (χ1) is 15.2. The summed E-state index contributed by atoms with van der Waals surface area (Å²) in [5.41, 5.74) is 0.607. The molecule has 0 bridgehead atoms. The molecule has 2 aromatic rings. The fourth-order valence-electron chi connectivity index (χ4n) is 4.76. The Morgan fingerprint density at radius 1 is 1.06 bits per heavy atom. The van der Waals surface area contributed by atoms with Crippen LogP contribution in [0.4, 0.5) is 14.5 Å². The number of hydrogen-bond acceptors (Lipinski definition) is 3. The quantitative estimate of drug-likeness (QED) is 0.548. The second-order valence-electron chi connectivity index (χ2n) is 10.1. The Hall–Kier alpha value is -1.84. The van der Waals surface area contributed by atoms with E-state index in [-0.39, 0.29) is 42.0 Å². The maximum absolute atomic E-state index is 13.9. The molecule has 0 unspecified atom stereocenters. The summed E-state index contributed by atoms with van der Waals surface area (Å²) in [6, 6.07) is 11.5. The number of carbonyl (C=O) groups excluding carboxylic acids is 1. The Bertz CT molecular complexity index is 1200. The number of hydrogen-bond donors (Lipinski definition) is 1. The third-order valence-corrected chi connectivity index (χ3v) is 8.55. The van der Waals surface area contributed by atoms with Crippen LogP contribution in [0.3, 0.4) is 0 Å². The molecular weight excluding hydrogens is 514 g/mol. The van der Waals surface area contributed by atoms with Crippen molar-refractivity contribution < 1.29 is 22.0 Å². The minimum Gasteiger partial charge on any atom is -0.307 e. The Morgan fingerprint density at radius 3 is 2.36 bits per heavy atom. The number of nitrogens with zero attached hydrogens (tertiary/aromatic N) is 1. The first-order valence-electron chi connectivity index (χ1n) is 10.9. The summed E-state index contributed by atoms with van der Waals surface area (Å²) in [5, 5.41) is 0. The van der Waals surface area contributed by atoms with E-state index >= 15 is 0 Å². The van der Waals surface area contributed by atoms with Gasteiger partial charge in [-0.05, 0) is 75.6 Å². The summed E-state index contributed by atoms with van der Waals surface area (Å²) >= 11 is 3.47. The largest absolute Gasteiger partial charge is 0.307 e. The number of amides is 1. The summed E-state index contributed by atoms with van der Waals surface area (Å²) in [7, 11) is -3.81. The van der Waals surface area contributed by atoms with E-state index in [2.05, 4.69) is 20.7 Å². The number of nitrogens with one attached hydrogen (secondary N) is 1. The normalized spacial score (nSPS) is 19.5. The first-order valence-corrected chi connectivity index (χ1v) is 13.1. The van der Waals surface area contributed by atoms with Crippen LogP contribution in [-0.2, 0) is 15.4 Å². The zero-order valence-corrected chi connectivity index (χ0v) is 21.2. The van der Waals surface area contributed by atoms with Crippen molar-refractivity contribution in [2.24, 2.45) is 0 Å². The summed E-state index contributed by atoms with van der Waals surface area (Å²) < 4.78 is 56.8. The topological polar surface area (TPSA) is 66.5 Å². The molecule has 1 N–H and O–H groups in total. The standard InChI is InChI=1S/C24H27BrF2N2O3S/c1-22(2,3)28-33(31,32)18-6-4-5-16(13-18)21(30)29-15-23(9-11-24(26,27)12-10-23)19-14-17(25)7-8-20(19)29/h4-8,13-14,28H,9-12,15H2,1-3H3. The molecule has 1 saturated carbocycles. The molecule has 0 aromatic heterocycles. The van der Waals surface area contributed by atoms with Gasteiger partial charge >= 0.3 is 0 Å². The van der Waals surface area contributed by atoms with Gasteiger partial charge in [0.2, 0.25) is 15.9 Å². The average Bonchev–Trinajstić information content (AvgIpc) is 3.02. The van der Waals surface area contributed by atoms with Gasteiger partial charge in [-0.1, -0.05) is 22.0 Å². The van der Waals surface area contributed by atoms with Gasteiger partial charge in [0.1, 0.15) is 0 Å². The molecule has 2 aliphatic rings. The van der Waals surface area contributed by atoms with Crippen molar-refractivity contribution in [3.63, 3.8) is 0 Å². The Labute approximate surface area is 201 Å². The van der Waals surface area contributed by atoms with E-state index in [0.717, 1.165) is 10.0 Å². The van der Waals surface area contributed by atoms with Gasteiger partial charge in [-0.25, -0.2) is 21.9 Å². The highest BCUT2D eigenvalue weighted by molar-refractivity contribution is 9.10. The molecular formula is C24H27BrF2N2O3S. The second kappa shape index (κ2) is 8.13. The molecule has 1 aliphatic heterocycles. The lowest BCUT2D eigenvalue weighted by Gasteiger charge is -2.37. The number of benzene rings is 2. The van der Waals surface area contributed by atoms with Crippen LogP contribution >= 0.6 is 15.9 Å². The predicted molar refractivity (Wildman–Crippen MR) is 127 cm³/mol. The van der Waals surface area contributed by atoms with Crippen molar-refractivity contribution in [3.05, 3.63) is 58.1 Å². The molecule has 4 rings (SSSR count).